The molecule has 7 heteroatoms. The molecule has 3 N–H and O–H groups in total. The van der Waals surface area contributed by atoms with Gasteiger partial charge in [0.05, 0.1) is 12.0 Å². The Labute approximate surface area is 191 Å². The number of nitrogens with one attached hydrogen (secondary N) is 1. The Bertz CT molecular complexity index is 777. The van der Waals surface area contributed by atoms with Gasteiger partial charge in [-0.2, -0.15) is 0 Å². The molecule has 3 fully saturated rings. The number of carbonyl (C=O) groups is 2. The van der Waals surface area contributed by atoms with Gasteiger partial charge in [-0.1, -0.05) is 49.6 Å². The van der Waals surface area contributed by atoms with Crippen molar-refractivity contribution in [2.24, 2.45) is 23.0 Å². The number of nitrogens with zero attached hydrogens (tertiary/aromatic N) is 1. The fourth-order valence-electron chi connectivity index (χ4n) is 5.34. The molecule has 7 nitrogen and oxygen atoms in total. The maximum absolute atomic E-state index is 13.0. The third-order valence-electron chi connectivity index (χ3n) is 7.50. The van der Waals surface area contributed by atoms with Crippen molar-refractivity contribution in [1.29, 1.82) is 0 Å². The van der Waals surface area contributed by atoms with Crippen molar-refractivity contribution in [3.8, 4) is 0 Å². The molecule has 0 amide bonds. The summed E-state index contributed by atoms with van der Waals surface area (Å²) in [6.07, 6.45) is 5.63. The molecule has 32 heavy (non-hydrogen) atoms. The zero-order chi connectivity index (χ0) is 22.6. The summed E-state index contributed by atoms with van der Waals surface area (Å²) in [6, 6.07) is 9.27. The van der Waals surface area contributed by atoms with Gasteiger partial charge in [0.25, 0.3) is 0 Å². The number of esters is 2. The Morgan fingerprint density at radius 2 is 1.91 bits per heavy atom. The van der Waals surface area contributed by atoms with E-state index in [1.165, 1.54) is 37.7 Å². The molecule has 1 aromatic carbocycles. The molecule has 1 aliphatic carbocycles. The van der Waals surface area contributed by atoms with E-state index in [0.29, 0.717) is 19.1 Å². The van der Waals surface area contributed by atoms with Crippen molar-refractivity contribution in [2.75, 3.05) is 32.8 Å². The molecule has 0 radical (unpaired) electrons. The van der Waals surface area contributed by atoms with E-state index >= 15 is 0 Å². The molecule has 2 heterocycles. The van der Waals surface area contributed by atoms with Crippen LogP contribution in [0, 0.1) is 17.3 Å². The van der Waals surface area contributed by atoms with Crippen LogP contribution in [0.3, 0.4) is 0 Å². The van der Waals surface area contributed by atoms with E-state index in [9.17, 15) is 9.59 Å². The SMILES string of the molecule is C[C@@H](OCC1CCCCC1)[C@H](N)C(=O)OC(=O)[C@@H]1CN(Cc2ccccc2)CC12CNC2. The van der Waals surface area contributed by atoms with Crippen molar-refractivity contribution < 1.29 is 19.1 Å². The topological polar surface area (TPSA) is 93.9 Å². The average molecular weight is 444 g/mol. The summed E-state index contributed by atoms with van der Waals surface area (Å²) in [4.78, 5) is 27.9. The van der Waals surface area contributed by atoms with E-state index in [4.69, 9.17) is 15.2 Å². The lowest BCUT2D eigenvalue weighted by atomic mass is 9.73. The van der Waals surface area contributed by atoms with Crippen LogP contribution in [-0.4, -0.2) is 61.8 Å². The van der Waals surface area contributed by atoms with Crippen LogP contribution >= 0.6 is 0 Å². The fraction of sp³-hybridized carbons (Fsp3) is 0.680. The van der Waals surface area contributed by atoms with Crippen molar-refractivity contribution in [3.05, 3.63) is 35.9 Å². The molecule has 1 aromatic rings. The molecule has 176 valence electrons. The van der Waals surface area contributed by atoms with E-state index in [0.717, 1.165) is 26.2 Å². The number of carbonyl (C=O) groups excluding carboxylic acids is 2. The highest BCUT2D eigenvalue weighted by Crippen LogP contribution is 2.40. The van der Waals surface area contributed by atoms with Gasteiger partial charge in [-0.25, -0.2) is 4.79 Å². The minimum atomic E-state index is -0.958. The monoisotopic (exact) mass is 443 g/mol. The summed E-state index contributed by atoms with van der Waals surface area (Å²) in [5, 5.41) is 3.29. The van der Waals surface area contributed by atoms with Gasteiger partial charge in [0.2, 0.25) is 0 Å². The summed E-state index contributed by atoms with van der Waals surface area (Å²) >= 11 is 0. The Morgan fingerprint density at radius 1 is 1.19 bits per heavy atom. The number of hydrogen-bond donors (Lipinski definition) is 2. The van der Waals surface area contributed by atoms with Crippen LogP contribution in [-0.2, 0) is 25.6 Å². The van der Waals surface area contributed by atoms with E-state index in [1.54, 1.807) is 6.92 Å². The fourth-order valence-corrected chi connectivity index (χ4v) is 5.34. The molecular weight excluding hydrogens is 406 g/mol. The quantitative estimate of drug-likeness (QED) is 0.469. The Balaban J connectivity index is 1.29. The number of rotatable bonds is 8. The predicted octanol–water partition coefficient (Wildman–Crippen LogP) is 2.09. The first-order valence-electron chi connectivity index (χ1n) is 12.1. The second-order valence-electron chi connectivity index (χ2n) is 9.98. The van der Waals surface area contributed by atoms with Gasteiger partial charge in [-0.05, 0) is 31.2 Å². The molecule has 1 spiro atoms. The number of ether oxygens (including phenoxy) is 2. The number of likely N-dealkylation sites (tertiary alicyclic amines) is 1. The number of hydrogen-bond acceptors (Lipinski definition) is 7. The van der Waals surface area contributed by atoms with Crippen molar-refractivity contribution in [1.82, 2.24) is 10.2 Å². The molecule has 2 aliphatic heterocycles. The second-order valence-corrected chi connectivity index (χ2v) is 9.98. The molecule has 1 saturated carbocycles. The van der Waals surface area contributed by atoms with Gasteiger partial charge in [-0.15, -0.1) is 0 Å². The number of nitrogens with two attached hydrogens (primary N) is 1. The minimum absolute atomic E-state index is 0.167. The van der Waals surface area contributed by atoms with Crippen LogP contribution in [0.5, 0.6) is 0 Å². The van der Waals surface area contributed by atoms with Gasteiger partial charge in [0, 0.05) is 44.7 Å². The highest BCUT2D eigenvalue weighted by molar-refractivity contribution is 5.90. The third-order valence-corrected chi connectivity index (χ3v) is 7.50. The van der Waals surface area contributed by atoms with E-state index < -0.39 is 24.1 Å². The molecule has 4 rings (SSSR count). The van der Waals surface area contributed by atoms with Crippen LogP contribution in [0.1, 0.15) is 44.6 Å². The minimum Gasteiger partial charge on any atom is -0.392 e. The number of benzene rings is 1. The second kappa shape index (κ2) is 10.4. The van der Waals surface area contributed by atoms with Crippen molar-refractivity contribution in [3.63, 3.8) is 0 Å². The summed E-state index contributed by atoms with van der Waals surface area (Å²) in [6.45, 7) is 6.11. The third kappa shape index (κ3) is 5.39. The lowest BCUT2D eigenvalue weighted by Crippen LogP contribution is -2.60. The van der Waals surface area contributed by atoms with Crippen LogP contribution in [0.2, 0.25) is 0 Å². The molecule has 0 aromatic heterocycles. The normalized spacial score (nSPS) is 25.2. The lowest BCUT2D eigenvalue weighted by Gasteiger charge is -2.42. The highest BCUT2D eigenvalue weighted by Gasteiger charge is 2.54. The van der Waals surface area contributed by atoms with E-state index in [2.05, 4.69) is 22.3 Å². The maximum atomic E-state index is 13.0. The zero-order valence-corrected chi connectivity index (χ0v) is 19.1. The molecule has 0 unspecified atom stereocenters. The molecule has 2 saturated heterocycles. The Morgan fingerprint density at radius 3 is 2.56 bits per heavy atom. The van der Waals surface area contributed by atoms with Gasteiger partial charge in [-0.3, -0.25) is 9.69 Å². The van der Waals surface area contributed by atoms with Crippen LogP contribution in [0.25, 0.3) is 0 Å². The highest BCUT2D eigenvalue weighted by atomic mass is 16.6. The van der Waals surface area contributed by atoms with Gasteiger partial charge < -0.3 is 20.5 Å². The van der Waals surface area contributed by atoms with Crippen LogP contribution in [0.4, 0.5) is 0 Å². The van der Waals surface area contributed by atoms with Crippen molar-refractivity contribution in [2.45, 2.75) is 57.7 Å². The van der Waals surface area contributed by atoms with Crippen LogP contribution < -0.4 is 11.1 Å². The van der Waals surface area contributed by atoms with E-state index in [1.807, 2.05) is 18.2 Å². The maximum Gasteiger partial charge on any atom is 0.333 e. The Hall–Kier alpha value is -1.80. The largest absolute Gasteiger partial charge is 0.392 e. The van der Waals surface area contributed by atoms with Gasteiger partial charge in [0.1, 0.15) is 6.04 Å². The summed E-state index contributed by atoms with van der Waals surface area (Å²) in [5.41, 5.74) is 7.14. The summed E-state index contributed by atoms with van der Waals surface area (Å²) < 4.78 is 11.2. The van der Waals surface area contributed by atoms with Crippen LogP contribution in [0.15, 0.2) is 30.3 Å². The molecule has 3 aliphatic rings. The zero-order valence-electron chi connectivity index (χ0n) is 19.1. The van der Waals surface area contributed by atoms with Gasteiger partial charge >= 0.3 is 11.9 Å². The van der Waals surface area contributed by atoms with Crippen molar-refractivity contribution >= 4 is 11.9 Å². The Kier molecular flexibility index (Phi) is 7.61. The average Bonchev–Trinajstić information content (AvgIpc) is 3.18. The summed E-state index contributed by atoms with van der Waals surface area (Å²) in [5.74, 6) is -0.935. The van der Waals surface area contributed by atoms with Gasteiger partial charge in [0.15, 0.2) is 0 Å². The molecular formula is C25H37N3O4. The predicted molar refractivity (Wildman–Crippen MR) is 122 cm³/mol. The standard InChI is InChI=1S/C25H37N3O4/c1-18(31-14-20-10-6-3-7-11-20)22(26)24(30)32-23(29)21-13-28(17-25(21)15-27-16-25)12-19-8-4-2-5-9-19/h2,4-5,8-9,18,20-22,27H,3,6-7,10-17,26H2,1H3/t18-,21+,22+/m1/s1. The molecule has 3 atom stereocenters. The summed E-state index contributed by atoms with van der Waals surface area (Å²) in [7, 11) is 0. The first-order valence-corrected chi connectivity index (χ1v) is 12.1. The first-order chi connectivity index (χ1) is 15.5. The smallest absolute Gasteiger partial charge is 0.333 e. The molecule has 0 bridgehead atoms. The lowest BCUT2D eigenvalue weighted by molar-refractivity contribution is -0.168. The van der Waals surface area contributed by atoms with E-state index in [-0.39, 0.29) is 11.3 Å². The first kappa shape index (κ1) is 23.4.